The Morgan fingerprint density at radius 2 is 1.79 bits per heavy atom. The highest BCUT2D eigenvalue weighted by Gasteiger charge is 2.03. The lowest BCUT2D eigenvalue weighted by Gasteiger charge is -2.07. The predicted molar refractivity (Wildman–Crippen MR) is 96.4 cm³/mol. The molecule has 24 heavy (non-hydrogen) atoms. The van der Waals surface area contributed by atoms with Gasteiger partial charge in [-0.15, -0.1) is 0 Å². The van der Waals surface area contributed by atoms with Crippen LogP contribution in [0.4, 0.5) is 0 Å². The van der Waals surface area contributed by atoms with Gasteiger partial charge in [0.2, 0.25) is 0 Å². The number of ether oxygens (including phenoxy) is 1. The van der Waals surface area contributed by atoms with Crippen molar-refractivity contribution < 1.29 is 9.53 Å². The third-order valence-electron chi connectivity index (χ3n) is 3.63. The predicted octanol–water partition coefficient (Wildman–Crippen LogP) is 3.68. The smallest absolute Gasteiger partial charge is 0.277 e. The molecular weight excluding hydrogens is 300 g/mol. The zero-order valence-electron chi connectivity index (χ0n) is 13.4. The highest BCUT2D eigenvalue weighted by Crippen LogP contribution is 2.16. The molecule has 0 unspecified atom stereocenters. The largest absolute Gasteiger partial charge is 0.483 e. The van der Waals surface area contributed by atoms with E-state index < -0.39 is 0 Å². The number of nitrogens with one attached hydrogen (secondary N) is 1. The van der Waals surface area contributed by atoms with E-state index in [1.165, 1.54) is 5.39 Å². The fraction of sp³-hybridized carbons (Fsp3) is 0.100. The van der Waals surface area contributed by atoms with Crippen molar-refractivity contribution >= 4 is 22.9 Å². The summed E-state index contributed by atoms with van der Waals surface area (Å²) < 4.78 is 5.47. The molecule has 0 atom stereocenters. The average Bonchev–Trinajstić information content (AvgIpc) is 2.61. The lowest BCUT2D eigenvalue weighted by Crippen LogP contribution is -2.24. The quantitative estimate of drug-likeness (QED) is 0.576. The van der Waals surface area contributed by atoms with Gasteiger partial charge in [0, 0.05) is 0 Å². The number of carbonyl (C=O) groups is 1. The van der Waals surface area contributed by atoms with Gasteiger partial charge in [-0.3, -0.25) is 4.79 Å². The van der Waals surface area contributed by atoms with Gasteiger partial charge in [0.05, 0.1) is 6.21 Å². The molecule has 3 aromatic rings. The van der Waals surface area contributed by atoms with E-state index in [1.807, 2.05) is 67.6 Å². The van der Waals surface area contributed by atoms with Crippen molar-refractivity contribution in [2.24, 2.45) is 5.10 Å². The fourth-order valence-electron chi connectivity index (χ4n) is 2.36. The van der Waals surface area contributed by atoms with E-state index in [1.54, 1.807) is 6.21 Å². The molecule has 0 aliphatic heterocycles. The van der Waals surface area contributed by atoms with Crippen LogP contribution in [-0.4, -0.2) is 18.7 Å². The van der Waals surface area contributed by atoms with E-state index in [4.69, 9.17) is 4.74 Å². The van der Waals surface area contributed by atoms with E-state index in [2.05, 4.69) is 16.6 Å². The van der Waals surface area contributed by atoms with Crippen LogP contribution in [0.2, 0.25) is 0 Å². The van der Waals surface area contributed by atoms with Gasteiger partial charge in [-0.2, -0.15) is 5.10 Å². The fourth-order valence-corrected chi connectivity index (χ4v) is 2.36. The first-order chi connectivity index (χ1) is 11.7. The summed E-state index contributed by atoms with van der Waals surface area (Å²) in [7, 11) is 0. The number of hydrogen-bond acceptors (Lipinski definition) is 3. The normalized spacial score (nSPS) is 10.9. The van der Waals surface area contributed by atoms with Crippen molar-refractivity contribution in [3.63, 3.8) is 0 Å². The lowest BCUT2D eigenvalue weighted by molar-refractivity contribution is -0.123. The Labute approximate surface area is 140 Å². The van der Waals surface area contributed by atoms with Crippen LogP contribution in [-0.2, 0) is 4.79 Å². The van der Waals surface area contributed by atoms with E-state index in [0.29, 0.717) is 5.75 Å². The van der Waals surface area contributed by atoms with Crippen LogP contribution in [0.15, 0.2) is 71.8 Å². The Balaban J connectivity index is 1.55. The summed E-state index contributed by atoms with van der Waals surface area (Å²) in [5, 5.41) is 6.28. The van der Waals surface area contributed by atoms with Crippen molar-refractivity contribution in [3.05, 3.63) is 77.9 Å². The molecule has 4 nitrogen and oxygen atoms in total. The number of rotatable bonds is 5. The number of nitrogens with zero attached hydrogens (tertiary/aromatic N) is 1. The molecule has 3 rings (SSSR count). The number of hydrazone groups is 1. The molecule has 4 heteroatoms. The van der Waals surface area contributed by atoms with Gasteiger partial charge in [0.1, 0.15) is 5.75 Å². The second-order valence-electron chi connectivity index (χ2n) is 5.45. The Kier molecular flexibility index (Phi) is 4.87. The average molecular weight is 318 g/mol. The van der Waals surface area contributed by atoms with Gasteiger partial charge in [-0.05, 0) is 41.0 Å². The van der Waals surface area contributed by atoms with E-state index in [0.717, 1.165) is 16.5 Å². The summed E-state index contributed by atoms with van der Waals surface area (Å²) in [6.45, 7) is 1.87. The lowest BCUT2D eigenvalue weighted by atomic mass is 10.1. The Morgan fingerprint density at radius 1 is 1.04 bits per heavy atom. The molecule has 0 spiro atoms. The number of hydrogen-bond donors (Lipinski definition) is 1. The molecule has 0 heterocycles. The minimum atomic E-state index is -0.296. The topological polar surface area (TPSA) is 50.7 Å². The van der Waals surface area contributed by atoms with Crippen LogP contribution < -0.4 is 10.2 Å². The SMILES string of the molecule is Cc1ccccc1OCC(=O)N/N=C\c1ccc2ccccc2c1. The zero-order chi connectivity index (χ0) is 16.8. The summed E-state index contributed by atoms with van der Waals surface area (Å²) in [6, 6.07) is 21.7. The molecule has 0 bridgehead atoms. The van der Waals surface area contributed by atoms with Crippen molar-refractivity contribution in [2.75, 3.05) is 6.61 Å². The van der Waals surface area contributed by atoms with Gasteiger partial charge in [0.25, 0.3) is 5.91 Å². The summed E-state index contributed by atoms with van der Waals surface area (Å²) in [5.41, 5.74) is 4.39. The van der Waals surface area contributed by atoms with Gasteiger partial charge >= 0.3 is 0 Å². The number of fused-ring (bicyclic) bond motifs is 1. The molecule has 3 aromatic carbocycles. The summed E-state index contributed by atoms with van der Waals surface area (Å²) in [5.74, 6) is 0.404. The number of para-hydroxylation sites is 1. The highest BCUT2D eigenvalue weighted by atomic mass is 16.5. The van der Waals surface area contributed by atoms with Crippen molar-refractivity contribution in [1.82, 2.24) is 5.43 Å². The molecule has 1 amide bonds. The maximum atomic E-state index is 11.8. The number of carbonyl (C=O) groups excluding carboxylic acids is 1. The van der Waals surface area contributed by atoms with E-state index in [-0.39, 0.29) is 12.5 Å². The number of aryl methyl sites for hydroxylation is 1. The second kappa shape index (κ2) is 7.42. The molecule has 0 saturated carbocycles. The van der Waals surface area contributed by atoms with E-state index >= 15 is 0 Å². The maximum absolute atomic E-state index is 11.8. The molecule has 0 radical (unpaired) electrons. The first kappa shape index (κ1) is 15.7. The minimum absolute atomic E-state index is 0.0695. The third kappa shape index (κ3) is 3.98. The maximum Gasteiger partial charge on any atom is 0.277 e. The van der Waals surface area contributed by atoms with Crippen LogP contribution in [0.5, 0.6) is 5.75 Å². The van der Waals surface area contributed by atoms with Gasteiger partial charge in [-0.25, -0.2) is 5.43 Å². The molecule has 1 N–H and O–H groups in total. The van der Waals surface area contributed by atoms with Crippen molar-refractivity contribution in [2.45, 2.75) is 6.92 Å². The van der Waals surface area contributed by atoms with Crippen molar-refractivity contribution in [1.29, 1.82) is 0 Å². The third-order valence-corrected chi connectivity index (χ3v) is 3.63. The molecular formula is C20H18N2O2. The standard InChI is InChI=1S/C20H18N2O2/c1-15-6-2-5-9-19(15)24-14-20(23)22-21-13-16-10-11-17-7-3-4-8-18(17)12-16/h2-13H,14H2,1H3,(H,22,23)/b21-13-. The number of amides is 1. The van der Waals surface area contributed by atoms with Gasteiger partial charge in [0.15, 0.2) is 6.61 Å². The van der Waals surface area contributed by atoms with E-state index in [9.17, 15) is 4.79 Å². The molecule has 0 fully saturated rings. The molecule has 0 aromatic heterocycles. The minimum Gasteiger partial charge on any atom is -0.483 e. The molecule has 0 aliphatic carbocycles. The summed E-state index contributed by atoms with van der Waals surface area (Å²) >= 11 is 0. The summed E-state index contributed by atoms with van der Waals surface area (Å²) in [4.78, 5) is 11.8. The molecule has 0 aliphatic rings. The molecule has 0 saturated heterocycles. The first-order valence-electron chi connectivity index (χ1n) is 7.71. The Hall–Kier alpha value is -3.14. The zero-order valence-corrected chi connectivity index (χ0v) is 13.4. The summed E-state index contributed by atoms with van der Waals surface area (Å²) in [6.07, 6.45) is 1.62. The van der Waals surface area contributed by atoms with Crippen LogP contribution >= 0.6 is 0 Å². The van der Waals surface area contributed by atoms with Crippen molar-refractivity contribution in [3.8, 4) is 5.75 Å². The van der Waals surface area contributed by atoms with Gasteiger partial charge in [-0.1, -0.05) is 54.6 Å². The van der Waals surface area contributed by atoms with Crippen LogP contribution in [0.1, 0.15) is 11.1 Å². The Morgan fingerprint density at radius 3 is 2.62 bits per heavy atom. The second-order valence-corrected chi connectivity index (χ2v) is 5.45. The monoisotopic (exact) mass is 318 g/mol. The highest BCUT2D eigenvalue weighted by molar-refractivity contribution is 5.90. The van der Waals surface area contributed by atoms with Crippen LogP contribution in [0, 0.1) is 6.92 Å². The van der Waals surface area contributed by atoms with Crippen LogP contribution in [0.25, 0.3) is 10.8 Å². The molecule has 120 valence electrons. The number of benzene rings is 3. The van der Waals surface area contributed by atoms with Crippen LogP contribution in [0.3, 0.4) is 0 Å². The Bertz CT molecular complexity index is 887. The van der Waals surface area contributed by atoms with Gasteiger partial charge < -0.3 is 4.74 Å². The first-order valence-corrected chi connectivity index (χ1v) is 7.71.